The highest BCUT2D eigenvalue weighted by Gasteiger charge is 2.34. The summed E-state index contributed by atoms with van der Waals surface area (Å²) in [4.78, 5) is 21.1. The van der Waals surface area contributed by atoms with E-state index in [0.717, 1.165) is 29.8 Å². The summed E-state index contributed by atoms with van der Waals surface area (Å²) in [5.74, 6) is -3.73. The number of hydrogen-bond acceptors (Lipinski definition) is 6. The molecular weight excluding hydrogens is 491 g/mol. The topological polar surface area (TPSA) is 106 Å². The predicted molar refractivity (Wildman–Crippen MR) is 129 cm³/mol. The molecule has 0 spiro atoms. The molecule has 5 atom stereocenters. The van der Waals surface area contributed by atoms with Crippen molar-refractivity contribution in [3.05, 3.63) is 77.0 Å². The van der Waals surface area contributed by atoms with Crippen molar-refractivity contribution in [2.24, 2.45) is 11.7 Å². The fraction of sp³-hybridized carbons (Fsp3) is 0.346. The van der Waals surface area contributed by atoms with Crippen LogP contribution in [0.15, 0.2) is 47.6 Å². The van der Waals surface area contributed by atoms with Crippen LogP contribution in [0.2, 0.25) is 0 Å². The van der Waals surface area contributed by atoms with E-state index < -0.39 is 57.4 Å². The van der Waals surface area contributed by atoms with E-state index in [4.69, 9.17) is 5.73 Å². The number of ketones is 1. The number of halogens is 3. The number of nitrogens with two attached hydrogens (primary N) is 1. The zero-order chi connectivity index (χ0) is 26.1. The van der Waals surface area contributed by atoms with Crippen LogP contribution in [0, 0.1) is 23.4 Å². The van der Waals surface area contributed by atoms with E-state index in [9.17, 15) is 27.3 Å². The van der Waals surface area contributed by atoms with Crippen LogP contribution < -0.4 is 5.73 Å². The first-order chi connectivity index (χ1) is 17.1. The maximum absolute atomic E-state index is 14.7. The Hall–Kier alpha value is -2.95. The Balaban J connectivity index is 1.64. The summed E-state index contributed by atoms with van der Waals surface area (Å²) in [6.07, 6.45) is 5.00. The van der Waals surface area contributed by atoms with Gasteiger partial charge in [-0.1, -0.05) is 6.92 Å². The van der Waals surface area contributed by atoms with E-state index in [0.29, 0.717) is 18.4 Å². The molecule has 0 radical (unpaired) electrons. The molecule has 0 aliphatic heterocycles. The van der Waals surface area contributed by atoms with Gasteiger partial charge in [-0.15, -0.1) is 0 Å². The fourth-order valence-corrected chi connectivity index (χ4v) is 5.33. The van der Waals surface area contributed by atoms with Gasteiger partial charge < -0.3 is 10.8 Å². The van der Waals surface area contributed by atoms with Crippen LogP contribution in [0.25, 0.3) is 11.3 Å². The molecule has 3 aromatic rings. The SMILES string of the molecule is C[C@H]1C[C@@H](c2ccncc2CC(=O)c2ccc(F)c(-c3c(F)cc([S@@](C)=O)cc3F)n2)C[C@@H](N)[C@@H]1O. The van der Waals surface area contributed by atoms with E-state index >= 15 is 0 Å². The number of Topliss-reactive ketones (excluding diaryl/α,β-unsaturated/α-hetero) is 1. The van der Waals surface area contributed by atoms with E-state index in [1.54, 1.807) is 12.4 Å². The second kappa shape index (κ2) is 10.6. The van der Waals surface area contributed by atoms with Gasteiger partial charge in [0.1, 0.15) is 28.8 Å². The first kappa shape index (κ1) is 26.1. The average molecular weight is 518 g/mol. The first-order valence-corrected chi connectivity index (χ1v) is 13.0. The average Bonchev–Trinajstić information content (AvgIpc) is 2.83. The minimum atomic E-state index is -1.64. The van der Waals surface area contributed by atoms with Crippen molar-refractivity contribution in [1.29, 1.82) is 0 Å². The molecule has 1 saturated carbocycles. The summed E-state index contributed by atoms with van der Waals surface area (Å²) in [7, 11) is -1.64. The number of carbonyl (C=O) groups excluding carboxylic acids is 1. The third-order valence-corrected chi connectivity index (χ3v) is 7.58. The Kier molecular flexibility index (Phi) is 7.67. The van der Waals surface area contributed by atoms with Crippen molar-refractivity contribution in [3.63, 3.8) is 0 Å². The van der Waals surface area contributed by atoms with Crippen LogP contribution in [-0.4, -0.2) is 43.5 Å². The van der Waals surface area contributed by atoms with Crippen LogP contribution in [0.3, 0.4) is 0 Å². The number of aliphatic hydroxyl groups is 1. The molecule has 0 bridgehead atoms. The molecule has 0 unspecified atom stereocenters. The van der Waals surface area contributed by atoms with Gasteiger partial charge >= 0.3 is 0 Å². The van der Waals surface area contributed by atoms with E-state index in [1.165, 1.54) is 6.26 Å². The molecule has 3 N–H and O–H groups in total. The monoisotopic (exact) mass is 517 g/mol. The maximum Gasteiger partial charge on any atom is 0.185 e. The number of aliphatic hydroxyl groups excluding tert-OH is 1. The highest BCUT2D eigenvalue weighted by Crippen LogP contribution is 2.37. The van der Waals surface area contributed by atoms with Gasteiger partial charge in [-0.25, -0.2) is 18.2 Å². The molecule has 1 aliphatic carbocycles. The third-order valence-electron chi connectivity index (χ3n) is 6.68. The van der Waals surface area contributed by atoms with Gasteiger partial charge in [0.25, 0.3) is 0 Å². The molecule has 2 heterocycles. The van der Waals surface area contributed by atoms with Gasteiger partial charge in [-0.05, 0) is 66.1 Å². The lowest BCUT2D eigenvalue weighted by Crippen LogP contribution is -2.44. The molecule has 0 amide bonds. The van der Waals surface area contributed by atoms with E-state index in [1.807, 2.05) is 13.0 Å². The normalized spacial score (nSPS) is 22.9. The number of benzene rings is 1. The van der Waals surface area contributed by atoms with Gasteiger partial charge in [0.2, 0.25) is 0 Å². The Morgan fingerprint density at radius 1 is 1.14 bits per heavy atom. The molecule has 1 aliphatic rings. The fourth-order valence-electron chi connectivity index (χ4n) is 4.79. The van der Waals surface area contributed by atoms with Crippen molar-refractivity contribution < 1.29 is 27.3 Å². The summed E-state index contributed by atoms with van der Waals surface area (Å²) in [6, 6.07) is 5.25. The minimum absolute atomic E-state index is 0.0156. The summed E-state index contributed by atoms with van der Waals surface area (Å²) >= 11 is 0. The molecule has 36 heavy (non-hydrogen) atoms. The summed E-state index contributed by atoms with van der Waals surface area (Å²) in [6.45, 7) is 1.93. The Morgan fingerprint density at radius 2 is 1.83 bits per heavy atom. The van der Waals surface area contributed by atoms with Crippen LogP contribution >= 0.6 is 0 Å². The van der Waals surface area contributed by atoms with Crippen molar-refractivity contribution in [2.45, 2.75) is 49.1 Å². The van der Waals surface area contributed by atoms with Crippen molar-refractivity contribution >= 4 is 16.6 Å². The minimum Gasteiger partial charge on any atom is -0.391 e. The summed E-state index contributed by atoms with van der Waals surface area (Å²) in [5, 5.41) is 10.2. The van der Waals surface area contributed by atoms with Crippen molar-refractivity contribution in [3.8, 4) is 11.3 Å². The molecule has 10 heteroatoms. The lowest BCUT2D eigenvalue weighted by molar-refractivity contribution is 0.0519. The number of carbonyl (C=O) groups is 1. The Bertz CT molecular complexity index is 1300. The van der Waals surface area contributed by atoms with Gasteiger partial charge in [0, 0.05) is 46.8 Å². The standard InChI is InChI=1S/C26H26F3N3O3S/c1-13-7-14(8-21(30)26(13)34)17-5-6-31-12-15(17)9-23(33)22-4-3-18(27)25(32-22)24-19(28)10-16(36(2)35)11-20(24)29/h3-6,10-14,21,26,34H,7-9,30H2,1-2H3/t13-,14+,21+,26+,36+/m0/s1. The highest BCUT2D eigenvalue weighted by molar-refractivity contribution is 7.84. The van der Waals surface area contributed by atoms with Crippen LogP contribution in [-0.2, 0) is 17.2 Å². The molecule has 1 aromatic carbocycles. The predicted octanol–water partition coefficient (Wildman–Crippen LogP) is 3.93. The number of nitrogens with zero attached hydrogens (tertiary/aromatic N) is 2. The number of rotatable bonds is 6. The van der Waals surface area contributed by atoms with Crippen LogP contribution in [0.1, 0.15) is 47.3 Å². The van der Waals surface area contributed by atoms with E-state index in [-0.39, 0.29) is 28.8 Å². The highest BCUT2D eigenvalue weighted by atomic mass is 32.2. The number of aromatic nitrogens is 2. The molecular formula is C26H26F3N3O3S. The smallest absolute Gasteiger partial charge is 0.185 e. The van der Waals surface area contributed by atoms with Gasteiger partial charge in [-0.2, -0.15) is 0 Å². The second-order valence-corrected chi connectivity index (χ2v) is 10.6. The van der Waals surface area contributed by atoms with Crippen molar-refractivity contribution in [1.82, 2.24) is 9.97 Å². The maximum atomic E-state index is 14.7. The zero-order valence-corrected chi connectivity index (χ0v) is 20.6. The van der Waals surface area contributed by atoms with Gasteiger partial charge in [-0.3, -0.25) is 14.0 Å². The molecule has 190 valence electrons. The Morgan fingerprint density at radius 3 is 2.47 bits per heavy atom. The zero-order valence-electron chi connectivity index (χ0n) is 19.7. The summed E-state index contributed by atoms with van der Waals surface area (Å²) < 4.78 is 55.5. The molecule has 0 saturated heterocycles. The largest absolute Gasteiger partial charge is 0.391 e. The first-order valence-electron chi connectivity index (χ1n) is 11.5. The van der Waals surface area contributed by atoms with Gasteiger partial charge in [0.15, 0.2) is 5.78 Å². The summed E-state index contributed by atoms with van der Waals surface area (Å²) in [5.41, 5.74) is 6.11. The van der Waals surface area contributed by atoms with Crippen LogP contribution in [0.5, 0.6) is 0 Å². The molecule has 2 aromatic heterocycles. The molecule has 6 nitrogen and oxygen atoms in total. The second-order valence-electron chi connectivity index (χ2n) is 9.22. The number of pyridine rings is 2. The number of hydrogen-bond donors (Lipinski definition) is 2. The Labute approximate surface area is 209 Å². The quantitative estimate of drug-likeness (QED) is 0.480. The molecule has 1 fully saturated rings. The lowest BCUT2D eigenvalue weighted by Gasteiger charge is -2.36. The van der Waals surface area contributed by atoms with E-state index in [2.05, 4.69) is 9.97 Å². The van der Waals surface area contributed by atoms with Crippen molar-refractivity contribution in [2.75, 3.05) is 6.26 Å². The third kappa shape index (κ3) is 5.25. The lowest BCUT2D eigenvalue weighted by atomic mass is 9.74. The molecule has 4 rings (SSSR count). The van der Waals surface area contributed by atoms with Crippen LogP contribution in [0.4, 0.5) is 13.2 Å². The van der Waals surface area contributed by atoms with Gasteiger partial charge in [0.05, 0.1) is 11.7 Å².